The van der Waals surface area contributed by atoms with Gasteiger partial charge in [0.05, 0.1) is 11.6 Å². The zero-order chi connectivity index (χ0) is 13.2. The van der Waals surface area contributed by atoms with Gasteiger partial charge in [-0.15, -0.1) is 0 Å². The second-order valence-electron chi connectivity index (χ2n) is 4.11. The van der Waals surface area contributed by atoms with Crippen molar-refractivity contribution in [1.29, 1.82) is 10.5 Å². The van der Waals surface area contributed by atoms with Crippen molar-refractivity contribution in [2.45, 2.75) is 0 Å². The zero-order valence-electron chi connectivity index (χ0n) is 9.92. The van der Waals surface area contributed by atoms with E-state index in [0.29, 0.717) is 27.9 Å². The van der Waals surface area contributed by atoms with E-state index in [4.69, 9.17) is 9.68 Å². The molecule has 19 heavy (non-hydrogen) atoms. The number of hydrogen-bond acceptors (Lipinski definition) is 3. The number of nitrogens with zero attached hydrogens (tertiary/aromatic N) is 2. The van der Waals surface area contributed by atoms with E-state index in [-0.39, 0.29) is 0 Å². The fourth-order valence-electron chi connectivity index (χ4n) is 2.07. The van der Waals surface area contributed by atoms with Gasteiger partial charge in [0.2, 0.25) is 0 Å². The van der Waals surface area contributed by atoms with E-state index < -0.39 is 0 Å². The van der Waals surface area contributed by atoms with E-state index in [0.717, 1.165) is 5.56 Å². The van der Waals surface area contributed by atoms with Gasteiger partial charge in [-0.05, 0) is 18.2 Å². The zero-order valence-corrected chi connectivity index (χ0v) is 9.92. The van der Waals surface area contributed by atoms with Crippen LogP contribution in [0.1, 0.15) is 11.1 Å². The molecule has 1 aromatic heterocycles. The Bertz CT molecular complexity index is 833. The van der Waals surface area contributed by atoms with Crippen LogP contribution in [0.15, 0.2) is 52.9 Å². The molecule has 0 spiro atoms. The lowest BCUT2D eigenvalue weighted by atomic mass is 10.1. The molecule has 3 heteroatoms. The van der Waals surface area contributed by atoms with Crippen LogP contribution >= 0.6 is 0 Å². The van der Waals surface area contributed by atoms with Crippen molar-refractivity contribution < 1.29 is 4.42 Å². The van der Waals surface area contributed by atoms with Gasteiger partial charge in [0, 0.05) is 10.9 Å². The summed E-state index contributed by atoms with van der Waals surface area (Å²) in [6, 6.07) is 18.8. The summed E-state index contributed by atoms with van der Waals surface area (Å²) in [5.41, 5.74) is 2.46. The minimum Gasteiger partial charge on any atom is -0.455 e. The number of benzene rings is 2. The molecule has 0 fully saturated rings. The molecule has 0 atom stereocenters. The van der Waals surface area contributed by atoms with Gasteiger partial charge in [0.25, 0.3) is 0 Å². The van der Waals surface area contributed by atoms with Crippen LogP contribution in [0.3, 0.4) is 0 Å². The van der Waals surface area contributed by atoms with Crippen molar-refractivity contribution in [3.05, 3.63) is 59.7 Å². The number of nitriles is 2. The van der Waals surface area contributed by atoms with Crippen LogP contribution in [0, 0.1) is 22.7 Å². The van der Waals surface area contributed by atoms with Gasteiger partial charge < -0.3 is 4.42 Å². The minimum atomic E-state index is 0.471. The van der Waals surface area contributed by atoms with Crippen LogP contribution in [0.5, 0.6) is 0 Å². The van der Waals surface area contributed by atoms with E-state index in [1.165, 1.54) is 0 Å². The Hall–Kier alpha value is -3.04. The summed E-state index contributed by atoms with van der Waals surface area (Å²) in [7, 11) is 0. The van der Waals surface area contributed by atoms with Crippen LogP contribution in [-0.2, 0) is 0 Å². The maximum Gasteiger partial charge on any atom is 0.153 e. The van der Waals surface area contributed by atoms with Crippen molar-refractivity contribution in [3.8, 4) is 23.5 Å². The van der Waals surface area contributed by atoms with Gasteiger partial charge in [-0.1, -0.05) is 30.3 Å². The average molecular weight is 244 g/mol. The second-order valence-corrected chi connectivity index (χ2v) is 4.11. The quantitative estimate of drug-likeness (QED) is 0.653. The van der Waals surface area contributed by atoms with E-state index in [1.54, 1.807) is 18.2 Å². The number of hydrogen-bond donors (Lipinski definition) is 0. The summed E-state index contributed by atoms with van der Waals surface area (Å²) in [6.07, 6.45) is 0. The molecule has 0 aliphatic heterocycles. The lowest BCUT2D eigenvalue weighted by Gasteiger charge is -1.95. The van der Waals surface area contributed by atoms with Gasteiger partial charge in [-0.25, -0.2) is 0 Å². The highest BCUT2D eigenvalue weighted by Crippen LogP contribution is 2.33. The Balaban J connectivity index is 2.34. The molecule has 0 N–H and O–H groups in total. The number of furan rings is 1. The first-order valence-corrected chi connectivity index (χ1v) is 5.75. The summed E-state index contributed by atoms with van der Waals surface area (Å²) < 4.78 is 5.74. The third-order valence-electron chi connectivity index (χ3n) is 2.96. The first-order valence-electron chi connectivity index (χ1n) is 5.75. The molecular weight excluding hydrogens is 236 g/mol. The van der Waals surface area contributed by atoms with Gasteiger partial charge in [0.15, 0.2) is 5.76 Å². The van der Waals surface area contributed by atoms with Crippen molar-refractivity contribution >= 4 is 11.0 Å². The Labute approximate surface area is 109 Å². The second kappa shape index (κ2) is 4.33. The predicted octanol–water partition coefficient (Wildman–Crippen LogP) is 3.84. The van der Waals surface area contributed by atoms with Crippen LogP contribution in [0.2, 0.25) is 0 Å². The van der Waals surface area contributed by atoms with Crippen molar-refractivity contribution in [3.63, 3.8) is 0 Å². The molecule has 88 valence electrons. The lowest BCUT2D eigenvalue weighted by molar-refractivity contribution is 0.630. The van der Waals surface area contributed by atoms with E-state index in [2.05, 4.69) is 12.1 Å². The van der Waals surface area contributed by atoms with Crippen LogP contribution in [0.4, 0.5) is 0 Å². The molecule has 0 aliphatic rings. The largest absolute Gasteiger partial charge is 0.455 e. The maximum atomic E-state index is 9.34. The summed E-state index contributed by atoms with van der Waals surface area (Å²) in [5.74, 6) is 0.549. The standard InChI is InChI=1S/C16H8N2O/c17-9-11-6-7-15-13(8-11)14(10-18)16(19-15)12-4-2-1-3-5-12/h1-8H. The molecule has 0 aliphatic carbocycles. The third kappa shape index (κ3) is 1.74. The molecule has 0 saturated heterocycles. The van der Waals surface area contributed by atoms with Crippen LogP contribution in [0.25, 0.3) is 22.3 Å². The normalized spacial score (nSPS) is 10.0. The van der Waals surface area contributed by atoms with Gasteiger partial charge in [-0.3, -0.25) is 0 Å². The topological polar surface area (TPSA) is 60.7 Å². The monoisotopic (exact) mass is 244 g/mol. The average Bonchev–Trinajstić information content (AvgIpc) is 2.85. The molecule has 3 aromatic rings. The summed E-state index contributed by atoms with van der Waals surface area (Å²) in [6.45, 7) is 0. The summed E-state index contributed by atoms with van der Waals surface area (Å²) in [4.78, 5) is 0. The molecule has 0 amide bonds. The third-order valence-corrected chi connectivity index (χ3v) is 2.96. The predicted molar refractivity (Wildman–Crippen MR) is 71.1 cm³/mol. The maximum absolute atomic E-state index is 9.34. The highest BCUT2D eigenvalue weighted by molar-refractivity contribution is 5.91. The highest BCUT2D eigenvalue weighted by atomic mass is 16.3. The van der Waals surface area contributed by atoms with E-state index in [1.807, 2.05) is 30.3 Å². The minimum absolute atomic E-state index is 0.471. The Morgan fingerprint density at radius 3 is 2.37 bits per heavy atom. The van der Waals surface area contributed by atoms with Crippen molar-refractivity contribution in [2.24, 2.45) is 0 Å². The van der Waals surface area contributed by atoms with Gasteiger partial charge >= 0.3 is 0 Å². The number of fused-ring (bicyclic) bond motifs is 1. The molecular formula is C16H8N2O. The van der Waals surface area contributed by atoms with Crippen LogP contribution in [-0.4, -0.2) is 0 Å². The SMILES string of the molecule is N#Cc1ccc2oc(-c3ccccc3)c(C#N)c2c1. The fraction of sp³-hybridized carbons (Fsp3) is 0. The van der Waals surface area contributed by atoms with Gasteiger partial charge in [0.1, 0.15) is 17.2 Å². The molecule has 1 heterocycles. The number of rotatable bonds is 1. The molecule has 2 aromatic carbocycles. The first kappa shape index (κ1) is 11.1. The molecule has 0 unspecified atom stereocenters. The van der Waals surface area contributed by atoms with E-state index in [9.17, 15) is 5.26 Å². The first-order chi connectivity index (χ1) is 9.33. The smallest absolute Gasteiger partial charge is 0.153 e. The van der Waals surface area contributed by atoms with Crippen molar-refractivity contribution in [1.82, 2.24) is 0 Å². The Kier molecular flexibility index (Phi) is 2.52. The van der Waals surface area contributed by atoms with Crippen molar-refractivity contribution in [2.75, 3.05) is 0 Å². The summed E-state index contributed by atoms with van der Waals surface area (Å²) in [5, 5.41) is 18.9. The van der Waals surface area contributed by atoms with Gasteiger partial charge in [-0.2, -0.15) is 10.5 Å². The molecule has 0 radical (unpaired) electrons. The van der Waals surface area contributed by atoms with Crippen LogP contribution < -0.4 is 0 Å². The molecule has 3 nitrogen and oxygen atoms in total. The van der Waals surface area contributed by atoms with E-state index >= 15 is 0 Å². The lowest BCUT2D eigenvalue weighted by Crippen LogP contribution is -1.78. The Morgan fingerprint density at radius 1 is 0.895 bits per heavy atom. The highest BCUT2D eigenvalue weighted by Gasteiger charge is 2.15. The molecule has 0 bridgehead atoms. The Morgan fingerprint density at radius 2 is 1.68 bits per heavy atom. The molecule has 3 rings (SSSR count). The summed E-state index contributed by atoms with van der Waals surface area (Å²) >= 11 is 0. The fourth-order valence-corrected chi connectivity index (χ4v) is 2.07. The molecule has 0 saturated carbocycles.